The van der Waals surface area contributed by atoms with Gasteiger partial charge in [-0.25, -0.2) is 13.1 Å². The number of aliphatic hydroxyl groups is 1. The Balaban J connectivity index is 2.00. The molecular formula is C15H24N2O3S. The molecule has 5 nitrogen and oxygen atoms in total. The summed E-state index contributed by atoms with van der Waals surface area (Å²) < 4.78 is 27.4. The maximum atomic E-state index is 12.4. The lowest BCUT2D eigenvalue weighted by molar-refractivity contribution is 0.175. The normalized spacial score (nSPS) is 18.6. The number of piperidine rings is 1. The van der Waals surface area contributed by atoms with Crippen LogP contribution in [0.15, 0.2) is 29.2 Å². The van der Waals surface area contributed by atoms with E-state index in [9.17, 15) is 13.5 Å². The van der Waals surface area contributed by atoms with Crippen LogP contribution in [0.2, 0.25) is 0 Å². The van der Waals surface area contributed by atoms with Crippen molar-refractivity contribution in [1.29, 1.82) is 0 Å². The highest BCUT2D eigenvalue weighted by molar-refractivity contribution is 7.89. The van der Waals surface area contributed by atoms with Gasteiger partial charge in [0, 0.05) is 12.6 Å². The molecule has 1 aromatic carbocycles. The SMILES string of the molecule is CC(CNS(=O)(=O)c1ccccc1CO)N1CCCCC1. The van der Waals surface area contributed by atoms with Crippen LogP contribution in [0.5, 0.6) is 0 Å². The summed E-state index contributed by atoms with van der Waals surface area (Å²) in [6, 6.07) is 6.73. The predicted molar refractivity (Wildman–Crippen MR) is 82.4 cm³/mol. The minimum Gasteiger partial charge on any atom is -0.392 e. The topological polar surface area (TPSA) is 69.6 Å². The Morgan fingerprint density at radius 2 is 1.90 bits per heavy atom. The van der Waals surface area contributed by atoms with Crippen molar-refractivity contribution >= 4 is 10.0 Å². The van der Waals surface area contributed by atoms with E-state index in [0.29, 0.717) is 12.1 Å². The molecule has 2 rings (SSSR count). The van der Waals surface area contributed by atoms with E-state index in [2.05, 4.69) is 9.62 Å². The first-order valence-corrected chi connectivity index (χ1v) is 8.95. The molecular weight excluding hydrogens is 288 g/mol. The summed E-state index contributed by atoms with van der Waals surface area (Å²) in [6.07, 6.45) is 3.63. The van der Waals surface area contributed by atoms with E-state index in [4.69, 9.17) is 0 Å². The average molecular weight is 312 g/mol. The van der Waals surface area contributed by atoms with Gasteiger partial charge in [0.05, 0.1) is 11.5 Å². The largest absolute Gasteiger partial charge is 0.392 e. The zero-order valence-electron chi connectivity index (χ0n) is 12.5. The molecule has 1 unspecified atom stereocenters. The summed E-state index contributed by atoms with van der Waals surface area (Å²) in [5.74, 6) is 0. The monoisotopic (exact) mass is 312 g/mol. The van der Waals surface area contributed by atoms with E-state index >= 15 is 0 Å². The third-order valence-electron chi connectivity index (χ3n) is 4.02. The van der Waals surface area contributed by atoms with Crippen LogP contribution in [0.1, 0.15) is 31.7 Å². The lowest BCUT2D eigenvalue weighted by Crippen LogP contribution is -2.44. The van der Waals surface area contributed by atoms with Crippen LogP contribution >= 0.6 is 0 Å². The van der Waals surface area contributed by atoms with Gasteiger partial charge in [-0.1, -0.05) is 24.6 Å². The second-order valence-electron chi connectivity index (χ2n) is 5.56. The number of nitrogens with zero attached hydrogens (tertiary/aromatic N) is 1. The Labute approximate surface area is 127 Å². The molecule has 0 saturated carbocycles. The number of nitrogens with one attached hydrogen (secondary N) is 1. The van der Waals surface area contributed by atoms with Gasteiger partial charge in [-0.15, -0.1) is 0 Å². The smallest absolute Gasteiger partial charge is 0.240 e. The van der Waals surface area contributed by atoms with Gasteiger partial charge in [-0.2, -0.15) is 0 Å². The van der Waals surface area contributed by atoms with Crippen molar-refractivity contribution in [2.75, 3.05) is 19.6 Å². The maximum Gasteiger partial charge on any atom is 0.240 e. The van der Waals surface area contributed by atoms with E-state index in [1.165, 1.54) is 25.3 Å². The highest BCUT2D eigenvalue weighted by atomic mass is 32.2. The zero-order valence-corrected chi connectivity index (χ0v) is 13.3. The van der Waals surface area contributed by atoms with Crippen molar-refractivity contribution in [2.24, 2.45) is 0 Å². The third kappa shape index (κ3) is 4.26. The molecule has 6 heteroatoms. The van der Waals surface area contributed by atoms with Gasteiger partial charge in [-0.05, 0) is 44.5 Å². The fourth-order valence-corrected chi connectivity index (χ4v) is 4.04. The number of hydrogen-bond acceptors (Lipinski definition) is 4. The Morgan fingerprint density at radius 1 is 1.24 bits per heavy atom. The highest BCUT2D eigenvalue weighted by Gasteiger charge is 2.21. The number of benzene rings is 1. The van der Waals surface area contributed by atoms with E-state index in [1.54, 1.807) is 18.2 Å². The average Bonchev–Trinajstić information content (AvgIpc) is 2.53. The minimum absolute atomic E-state index is 0.165. The van der Waals surface area contributed by atoms with Gasteiger partial charge < -0.3 is 5.11 Å². The van der Waals surface area contributed by atoms with E-state index < -0.39 is 10.0 Å². The summed E-state index contributed by atoms with van der Waals surface area (Å²) in [6.45, 7) is 4.24. The van der Waals surface area contributed by atoms with E-state index in [1.807, 2.05) is 6.92 Å². The van der Waals surface area contributed by atoms with Crippen molar-refractivity contribution in [1.82, 2.24) is 9.62 Å². The molecule has 1 heterocycles. The van der Waals surface area contributed by atoms with Crippen LogP contribution in [0.3, 0.4) is 0 Å². The summed E-state index contributed by atoms with van der Waals surface area (Å²) in [4.78, 5) is 2.49. The molecule has 0 radical (unpaired) electrons. The molecule has 1 saturated heterocycles. The second kappa shape index (κ2) is 7.35. The highest BCUT2D eigenvalue weighted by Crippen LogP contribution is 2.16. The quantitative estimate of drug-likeness (QED) is 0.831. The van der Waals surface area contributed by atoms with Crippen LogP contribution in [-0.4, -0.2) is 44.1 Å². The lowest BCUT2D eigenvalue weighted by atomic mass is 10.1. The van der Waals surface area contributed by atoms with E-state index in [-0.39, 0.29) is 17.5 Å². The molecule has 1 aliphatic rings. The maximum absolute atomic E-state index is 12.4. The van der Waals surface area contributed by atoms with Crippen LogP contribution in [-0.2, 0) is 16.6 Å². The van der Waals surface area contributed by atoms with Gasteiger partial charge in [0.1, 0.15) is 0 Å². The predicted octanol–water partition coefficient (Wildman–Crippen LogP) is 1.33. The molecule has 0 spiro atoms. The van der Waals surface area contributed by atoms with E-state index in [0.717, 1.165) is 13.1 Å². The number of rotatable bonds is 6. The second-order valence-corrected chi connectivity index (χ2v) is 7.30. The number of hydrogen-bond donors (Lipinski definition) is 2. The number of likely N-dealkylation sites (tertiary alicyclic amines) is 1. The van der Waals surface area contributed by atoms with Gasteiger partial charge in [0.15, 0.2) is 0 Å². The molecule has 1 aliphatic heterocycles. The van der Waals surface area contributed by atoms with Crippen molar-refractivity contribution in [3.8, 4) is 0 Å². The molecule has 21 heavy (non-hydrogen) atoms. The molecule has 1 atom stereocenters. The Bertz CT molecular complexity index is 554. The van der Waals surface area contributed by atoms with Crippen molar-refractivity contribution in [2.45, 2.75) is 43.7 Å². The molecule has 0 aliphatic carbocycles. The van der Waals surface area contributed by atoms with Crippen molar-refractivity contribution in [3.63, 3.8) is 0 Å². The van der Waals surface area contributed by atoms with Crippen LogP contribution in [0, 0.1) is 0 Å². The first-order chi connectivity index (χ1) is 10.0. The molecule has 1 fully saturated rings. The number of sulfonamides is 1. The van der Waals surface area contributed by atoms with Gasteiger partial charge >= 0.3 is 0 Å². The minimum atomic E-state index is -3.57. The summed E-state index contributed by atoms with van der Waals surface area (Å²) in [5, 5.41) is 9.26. The third-order valence-corrected chi connectivity index (χ3v) is 5.54. The molecule has 118 valence electrons. The fourth-order valence-electron chi connectivity index (χ4n) is 2.69. The van der Waals surface area contributed by atoms with Crippen molar-refractivity contribution < 1.29 is 13.5 Å². The first kappa shape index (κ1) is 16.4. The van der Waals surface area contributed by atoms with Crippen LogP contribution < -0.4 is 4.72 Å². The molecule has 0 aromatic heterocycles. The molecule has 0 bridgehead atoms. The lowest BCUT2D eigenvalue weighted by Gasteiger charge is -2.32. The molecule has 0 amide bonds. The van der Waals surface area contributed by atoms with Gasteiger partial charge in [0.2, 0.25) is 10.0 Å². The Kier molecular flexibility index (Phi) is 5.75. The van der Waals surface area contributed by atoms with Crippen LogP contribution in [0.4, 0.5) is 0 Å². The zero-order chi connectivity index (χ0) is 15.3. The fraction of sp³-hybridized carbons (Fsp3) is 0.600. The molecule has 2 N–H and O–H groups in total. The van der Waals surface area contributed by atoms with Gasteiger partial charge in [-0.3, -0.25) is 4.90 Å². The van der Waals surface area contributed by atoms with Crippen molar-refractivity contribution in [3.05, 3.63) is 29.8 Å². The number of aliphatic hydroxyl groups excluding tert-OH is 1. The summed E-state index contributed by atoms with van der Waals surface area (Å²) >= 11 is 0. The first-order valence-electron chi connectivity index (χ1n) is 7.47. The summed E-state index contributed by atoms with van der Waals surface area (Å²) in [5.41, 5.74) is 0.427. The van der Waals surface area contributed by atoms with Gasteiger partial charge in [0.25, 0.3) is 0 Å². The van der Waals surface area contributed by atoms with Crippen LogP contribution in [0.25, 0.3) is 0 Å². The standard InChI is InChI=1S/C15H24N2O3S/c1-13(17-9-5-2-6-10-17)11-16-21(19,20)15-8-4-3-7-14(15)12-18/h3-4,7-8,13,16,18H,2,5-6,9-12H2,1H3. The molecule has 1 aromatic rings. The Morgan fingerprint density at radius 3 is 2.57 bits per heavy atom. The Hall–Kier alpha value is -0.950. The summed E-state index contributed by atoms with van der Waals surface area (Å²) in [7, 11) is -3.57.